The number of benzene rings is 3. The van der Waals surface area contributed by atoms with Crippen LogP contribution in [0, 0.1) is 5.92 Å². The van der Waals surface area contributed by atoms with Crippen molar-refractivity contribution in [2.24, 2.45) is 5.92 Å². The number of hydrazine groups is 1. The van der Waals surface area contributed by atoms with Crippen molar-refractivity contribution in [1.29, 1.82) is 0 Å². The van der Waals surface area contributed by atoms with Gasteiger partial charge in [0, 0.05) is 12.5 Å². The number of hydrogen-bond acceptors (Lipinski definition) is 5. The third-order valence-corrected chi connectivity index (χ3v) is 5.74. The van der Waals surface area contributed by atoms with Crippen molar-refractivity contribution in [3.63, 3.8) is 0 Å². The second kappa shape index (κ2) is 11.0. The first-order valence-electron chi connectivity index (χ1n) is 11.6. The minimum atomic E-state index is -0.585. The van der Waals surface area contributed by atoms with Gasteiger partial charge in [0.05, 0.1) is 0 Å². The summed E-state index contributed by atoms with van der Waals surface area (Å²) in [5, 5.41) is 1.55. The number of amides is 1. The van der Waals surface area contributed by atoms with Crippen molar-refractivity contribution in [2.75, 3.05) is 19.7 Å². The average molecular weight is 459 g/mol. The highest BCUT2D eigenvalue weighted by Gasteiger charge is 2.29. The Hall–Kier alpha value is -3.64. The van der Waals surface area contributed by atoms with E-state index in [0.717, 1.165) is 16.7 Å². The average Bonchev–Trinajstić information content (AvgIpc) is 3.15. The standard InChI is InChI=1S/C28H30N2O4/c1-20(2)16-30(17-27(31)33-18-21-10-4-3-5-11-21)29-28(32)34-19-26-24-14-8-6-12-22(24)23-13-7-9-15-25(23)26/h3-15,20,26H,16-19H2,1-2H3,(H,29,32). The van der Waals surface area contributed by atoms with E-state index >= 15 is 0 Å². The molecule has 0 aromatic heterocycles. The summed E-state index contributed by atoms with van der Waals surface area (Å²) >= 11 is 0. The molecule has 4 rings (SSSR count). The molecule has 0 atom stereocenters. The summed E-state index contributed by atoms with van der Waals surface area (Å²) in [6.45, 7) is 4.87. The number of ether oxygens (including phenoxy) is 2. The van der Waals surface area contributed by atoms with Crippen LogP contribution in [0.3, 0.4) is 0 Å². The number of hydrogen-bond donors (Lipinski definition) is 1. The third-order valence-electron chi connectivity index (χ3n) is 5.74. The maximum atomic E-state index is 12.6. The van der Waals surface area contributed by atoms with E-state index in [1.165, 1.54) is 11.1 Å². The van der Waals surface area contributed by atoms with Crippen molar-refractivity contribution in [2.45, 2.75) is 26.4 Å². The largest absolute Gasteiger partial charge is 0.460 e. The van der Waals surface area contributed by atoms with Crippen LogP contribution < -0.4 is 5.43 Å². The second-order valence-electron chi connectivity index (χ2n) is 8.86. The maximum Gasteiger partial charge on any atom is 0.421 e. The highest BCUT2D eigenvalue weighted by Crippen LogP contribution is 2.44. The Balaban J connectivity index is 1.34. The van der Waals surface area contributed by atoms with Gasteiger partial charge in [-0.3, -0.25) is 10.2 Å². The number of nitrogens with one attached hydrogen (secondary N) is 1. The van der Waals surface area contributed by atoms with Gasteiger partial charge in [-0.1, -0.05) is 92.7 Å². The minimum Gasteiger partial charge on any atom is -0.460 e. The molecule has 34 heavy (non-hydrogen) atoms. The summed E-state index contributed by atoms with van der Waals surface area (Å²) in [5.74, 6) is -0.202. The molecule has 0 heterocycles. The van der Waals surface area contributed by atoms with E-state index in [-0.39, 0.29) is 31.6 Å². The molecule has 0 aliphatic heterocycles. The van der Waals surface area contributed by atoms with Gasteiger partial charge in [-0.2, -0.15) is 0 Å². The van der Waals surface area contributed by atoms with Crippen molar-refractivity contribution in [3.8, 4) is 11.1 Å². The number of esters is 1. The zero-order valence-electron chi connectivity index (χ0n) is 19.6. The molecule has 6 heteroatoms. The SMILES string of the molecule is CC(C)CN(CC(=O)OCc1ccccc1)NC(=O)OCC1c2ccccc2-c2ccccc21. The van der Waals surface area contributed by atoms with E-state index in [9.17, 15) is 9.59 Å². The first-order chi connectivity index (χ1) is 16.5. The van der Waals surface area contributed by atoms with Crippen LogP contribution in [0.4, 0.5) is 4.79 Å². The smallest absolute Gasteiger partial charge is 0.421 e. The molecule has 0 spiro atoms. The van der Waals surface area contributed by atoms with Crippen LogP contribution in [0.1, 0.15) is 36.5 Å². The molecule has 0 radical (unpaired) electrons. The molecule has 1 aliphatic carbocycles. The highest BCUT2D eigenvalue weighted by atomic mass is 16.6. The molecule has 0 unspecified atom stereocenters. The van der Waals surface area contributed by atoms with Gasteiger partial charge in [0.1, 0.15) is 19.8 Å². The Labute approximate surface area is 200 Å². The molecule has 0 saturated heterocycles. The zero-order valence-corrected chi connectivity index (χ0v) is 19.6. The van der Waals surface area contributed by atoms with Crippen LogP contribution >= 0.6 is 0 Å². The predicted octanol–water partition coefficient (Wildman–Crippen LogP) is 5.14. The molecule has 0 bridgehead atoms. The molecular formula is C28H30N2O4. The molecule has 6 nitrogen and oxygen atoms in total. The number of nitrogens with zero attached hydrogens (tertiary/aromatic N) is 1. The fourth-order valence-corrected chi connectivity index (χ4v) is 4.29. The van der Waals surface area contributed by atoms with Gasteiger partial charge in [0.2, 0.25) is 0 Å². The lowest BCUT2D eigenvalue weighted by Crippen LogP contribution is -2.47. The van der Waals surface area contributed by atoms with Crippen LogP contribution in [0.5, 0.6) is 0 Å². The molecule has 0 saturated carbocycles. The summed E-state index contributed by atoms with van der Waals surface area (Å²) < 4.78 is 11.0. The van der Waals surface area contributed by atoms with E-state index in [2.05, 4.69) is 29.7 Å². The second-order valence-corrected chi connectivity index (χ2v) is 8.86. The van der Waals surface area contributed by atoms with Crippen LogP contribution in [0.25, 0.3) is 11.1 Å². The Morgan fingerprint density at radius 1 is 0.853 bits per heavy atom. The zero-order chi connectivity index (χ0) is 23.9. The summed E-state index contributed by atoms with van der Waals surface area (Å²) in [6.07, 6.45) is -0.585. The van der Waals surface area contributed by atoms with Crippen LogP contribution in [0.15, 0.2) is 78.9 Å². The normalized spacial score (nSPS) is 12.4. The quantitative estimate of drug-likeness (QED) is 0.355. The van der Waals surface area contributed by atoms with Gasteiger partial charge >= 0.3 is 12.1 Å². The van der Waals surface area contributed by atoms with E-state index < -0.39 is 12.1 Å². The lowest BCUT2D eigenvalue weighted by Gasteiger charge is -2.24. The van der Waals surface area contributed by atoms with E-state index in [1.807, 2.05) is 68.4 Å². The Morgan fingerprint density at radius 3 is 2.06 bits per heavy atom. The molecular weight excluding hydrogens is 428 g/mol. The van der Waals surface area contributed by atoms with Crippen LogP contribution in [0.2, 0.25) is 0 Å². The molecule has 3 aromatic carbocycles. The lowest BCUT2D eigenvalue weighted by atomic mass is 9.98. The number of rotatable bonds is 9. The fourth-order valence-electron chi connectivity index (χ4n) is 4.29. The topological polar surface area (TPSA) is 67.9 Å². The summed E-state index contributed by atoms with van der Waals surface area (Å²) in [6, 6.07) is 25.9. The molecule has 1 aliphatic rings. The van der Waals surface area contributed by atoms with Crippen molar-refractivity contribution >= 4 is 12.1 Å². The van der Waals surface area contributed by atoms with Gasteiger partial charge in [-0.25, -0.2) is 9.80 Å². The predicted molar refractivity (Wildman–Crippen MR) is 131 cm³/mol. The van der Waals surface area contributed by atoms with Crippen LogP contribution in [-0.4, -0.2) is 36.8 Å². The molecule has 1 N–H and O–H groups in total. The highest BCUT2D eigenvalue weighted by molar-refractivity contribution is 5.79. The Bertz CT molecular complexity index is 1080. The van der Waals surface area contributed by atoms with Crippen molar-refractivity contribution in [3.05, 3.63) is 95.6 Å². The Morgan fingerprint density at radius 2 is 1.44 bits per heavy atom. The Kier molecular flexibility index (Phi) is 7.60. The summed E-state index contributed by atoms with van der Waals surface area (Å²) in [7, 11) is 0. The van der Waals surface area contributed by atoms with Gasteiger partial charge in [-0.15, -0.1) is 0 Å². The maximum absolute atomic E-state index is 12.6. The van der Waals surface area contributed by atoms with Crippen LogP contribution in [-0.2, 0) is 20.9 Å². The minimum absolute atomic E-state index is 0.0208. The lowest BCUT2D eigenvalue weighted by molar-refractivity contribution is -0.147. The first-order valence-corrected chi connectivity index (χ1v) is 11.6. The third kappa shape index (κ3) is 5.83. The van der Waals surface area contributed by atoms with Gasteiger partial charge in [0.25, 0.3) is 0 Å². The number of carbonyl (C=O) groups excluding carboxylic acids is 2. The van der Waals surface area contributed by atoms with Gasteiger partial charge < -0.3 is 9.47 Å². The van der Waals surface area contributed by atoms with Gasteiger partial charge in [-0.05, 0) is 33.7 Å². The molecule has 1 amide bonds. The summed E-state index contributed by atoms with van der Waals surface area (Å²) in [5.41, 5.74) is 8.29. The van der Waals surface area contributed by atoms with Crippen molar-refractivity contribution in [1.82, 2.24) is 10.4 Å². The monoisotopic (exact) mass is 458 g/mol. The molecule has 3 aromatic rings. The molecule has 0 fully saturated rings. The van der Waals surface area contributed by atoms with Gasteiger partial charge in [0.15, 0.2) is 0 Å². The fraction of sp³-hybridized carbons (Fsp3) is 0.286. The molecule has 176 valence electrons. The van der Waals surface area contributed by atoms with E-state index in [0.29, 0.717) is 6.54 Å². The first kappa shape index (κ1) is 23.5. The van der Waals surface area contributed by atoms with Crippen molar-refractivity contribution < 1.29 is 19.1 Å². The van der Waals surface area contributed by atoms with E-state index in [1.54, 1.807) is 5.01 Å². The summed E-state index contributed by atoms with van der Waals surface area (Å²) in [4.78, 5) is 25.0. The van der Waals surface area contributed by atoms with E-state index in [4.69, 9.17) is 9.47 Å². The number of fused-ring (bicyclic) bond motifs is 3. The number of carbonyl (C=O) groups is 2.